The van der Waals surface area contributed by atoms with E-state index in [1.54, 1.807) is 170 Å². The number of fused-ring (bicyclic) bond motifs is 5. The fourth-order valence-corrected chi connectivity index (χ4v) is 22.9. The summed E-state index contributed by atoms with van der Waals surface area (Å²) in [5.74, 6) is 3.25. The van der Waals surface area contributed by atoms with E-state index >= 15 is 0 Å². The Kier molecular flexibility index (Phi) is 29.5. The molecule has 38 nitrogen and oxygen atoms in total. The minimum Gasteiger partial charge on any atom is -0.492 e. The Morgan fingerprint density at radius 3 is 1.09 bits per heavy atom. The zero-order chi connectivity index (χ0) is 99.7. The van der Waals surface area contributed by atoms with E-state index in [1.165, 1.54) is 6.20 Å². The number of sulfonamides is 4. The van der Waals surface area contributed by atoms with Crippen molar-refractivity contribution in [3.63, 3.8) is 0 Å². The number of likely N-dealkylation sites (tertiary alicyclic amines) is 4. The van der Waals surface area contributed by atoms with Crippen LogP contribution in [-0.4, -0.2) is 224 Å². The van der Waals surface area contributed by atoms with Gasteiger partial charge in [0.05, 0.1) is 77.2 Å². The van der Waals surface area contributed by atoms with Crippen LogP contribution in [0, 0.1) is 36.5 Å². The van der Waals surface area contributed by atoms with E-state index in [2.05, 4.69) is 47.9 Å². The van der Waals surface area contributed by atoms with Crippen molar-refractivity contribution in [1.29, 1.82) is 0 Å². The number of rotatable bonds is 21. The second-order valence-electron chi connectivity index (χ2n) is 36.3. The number of hydrogen-bond acceptors (Lipinski definition) is 26. The number of carbonyl (C=O) groups is 5. The molecule has 5 amide bonds. The first kappa shape index (κ1) is 98.6. The molecule has 738 valence electrons. The first-order valence-electron chi connectivity index (χ1n) is 46.6. The van der Waals surface area contributed by atoms with Crippen LogP contribution in [0.1, 0.15) is 157 Å². The van der Waals surface area contributed by atoms with Crippen LogP contribution in [0.4, 0.5) is 5.82 Å². The number of aryl methyl sites for hydroxylation is 1. The highest BCUT2D eigenvalue weighted by atomic mass is 32.2. The van der Waals surface area contributed by atoms with E-state index in [0.717, 1.165) is 68.0 Å². The fourth-order valence-electron chi connectivity index (χ4n) is 18.6. The molecule has 0 unspecified atom stereocenters. The number of amidine groups is 4. The molecule has 0 saturated carbocycles. The lowest BCUT2D eigenvalue weighted by Gasteiger charge is -2.33. The average molecular weight is 2000 g/mol. The Morgan fingerprint density at radius 1 is 0.380 bits per heavy atom. The number of carbonyl (C=O) groups excluding carboxylic acids is 5. The third-order valence-corrected chi connectivity index (χ3v) is 30.0. The van der Waals surface area contributed by atoms with Crippen molar-refractivity contribution in [1.82, 2.24) is 58.5 Å². The average Bonchev–Trinajstić information content (AvgIpc) is 1.13. The molecule has 9 N–H and O–H groups in total. The monoisotopic (exact) mass is 2000 g/mol. The predicted octanol–water partition coefficient (Wildman–Crippen LogP) is 10.1. The lowest BCUT2D eigenvalue weighted by Crippen LogP contribution is -2.41. The van der Waals surface area contributed by atoms with Gasteiger partial charge in [-0.25, -0.2) is 58.3 Å². The number of anilines is 1. The van der Waals surface area contributed by atoms with Crippen molar-refractivity contribution in [3.8, 4) is 40.5 Å². The molecule has 15 heterocycles. The summed E-state index contributed by atoms with van der Waals surface area (Å²) in [6.45, 7) is 12.0. The van der Waals surface area contributed by atoms with Gasteiger partial charge in [-0.15, -0.1) is 17.6 Å². The lowest BCUT2D eigenvalue weighted by atomic mass is 9.98. The van der Waals surface area contributed by atoms with Crippen molar-refractivity contribution >= 4 is 110 Å². The molecule has 12 aromatic rings. The Morgan fingerprint density at radius 2 is 0.732 bits per heavy atom. The SMILES string of the molecule is CC(C)C(=O)Nc1cc(C(=O)N2CCC[C@H](COc3cccc4c3C(N)=NS(=O)(=O)C4)C2)ccn1.Cc1cccn1-c1cc(C(=O)N2CCC[C@H](COc3cccc4c3C(N)=NS(=O)(=O)C4)C2)ccn1.NC1=NS(=O)(=O)Cc2cccc(OC[C@H]3CCCN(C(=O)c4ccnc(-n5ccc6ccccc65)c4)C3)c21.NC1=NS(=O)(=O)Cc2cccc(OC[C@H]3CCCN(C(=O)c4ccnc(-n5cccn5)c4)C3)c21. The van der Waals surface area contributed by atoms with Gasteiger partial charge >= 0.3 is 0 Å². The van der Waals surface area contributed by atoms with Crippen molar-refractivity contribution < 1.29 is 76.6 Å². The lowest BCUT2D eigenvalue weighted by molar-refractivity contribution is -0.118. The largest absolute Gasteiger partial charge is 0.492 e. The van der Waals surface area contributed by atoms with Gasteiger partial charge in [0.25, 0.3) is 63.7 Å². The van der Waals surface area contributed by atoms with Crippen LogP contribution in [-0.2, 0) is 67.9 Å². The second-order valence-corrected chi connectivity index (χ2v) is 42.8. The number of ether oxygens (including phenoxy) is 4. The van der Waals surface area contributed by atoms with Gasteiger partial charge in [-0.2, -0.15) is 5.10 Å². The van der Waals surface area contributed by atoms with Gasteiger partial charge in [-0.3, -0.25) is 24.0 Å². The van der Waals surface area contributed by atoms with Gasteiger partial charge < -0.3 is 75.9 Å². The fraction of sp³-hybridized carbons (Fsp3) is 0.320. The number of nitrogens with one attached hydrogen (secondary N) is 1. The second kappa shape index (κ2) is 42.6. The molecule has 0 bridgehead atoms. The molecule has 8 aliphatic heterocycles. The molecule has 0 spiro atoms. The van der Waals surface area contributed by atoms with Gasteiger partial charge in [0.15, 0.2) is 5.82 Å². The Balaban J connectivity index is 0.000000130. The molecule has 4 atom stereocenters. The summed E-state index contributed by atoms with van der Waals surface area (Å²) < 4.78 is 140. The summed E-state index contributed by atoms with van der Waals surface area (Å²) in [5, 5.41) is 8.00. The summed E-state index contributed by atoms with van der Waals surface area (Å²) in [5.41, 5.74) is 32.5. The van der Waals surface area contributed by atoms with Gasteiger partial charge in [-0.05, 0) is 189 Å². The molecule has 0 aliphatic carbocycles. The van der Waals surface area contributed by atoms with Crippen molar-refractivity contribution in [2.24, 2.45) is 70.1 Å². The van der Waals surface area contributed by atoms with Crippen LogP contribution in [0.3, 0.4) is 0 Å². The van der Waals surface area contributed by atoms with E-state index < -0.39 is 40.1 Å². The molecular weight excluding hydrogens is 1900 g/mol. The Hall–Kier alpha value is -15.0. The zero-order valence-corrected chi connectivity index (χ0v) is 81.4. The highest BCUT2D eigenvalue weighted by Crippen LogP contribution is 2.37. The number of aromatic nitrogens is 8. The maximum absolute atomic E-state index is 13.5. The Labute approximate surface area is 821 Å². The third kappa shape index (κ3) is 23.5. The molecule has 8 aliphatic rings. The maximum atomic E-state index is 13.5. The minimum absolute atomic E-state index is 0.0261. The first-order chi connectivity index (χ1) is 68.2. The molecule has 7 aromatic heterocycles. The molecule has 0 radical (unpaired) electrons. The van der Waals surface area contributed by atoms with Crippen LogP contribution < -0.4 is 47.2 Å². The van der Waals surface area contributed by atoms with E-state index in [0.29, 0.717) is 192 Å². The van der Waals surface area contributed by atoms with Gasteiger partial charge in [0.2, 0.25) is 5.91 Å². The maximum Gasteiger partial charge on any atom is 0.259 e. The minimum atomic E-state index is -3.62. The summed E-state index contributed by atoms with van der Waals surface area (Å²) in [7, 11) is -14.4. The number of nitrogens with two attached hydrogens (primary N) is 4. The van der Waals surface area contributed by atoms with Crippen molar-refractivity contribution in [2.75, 3.05) is 84.1 Å². The standard InChI is InChI=1S/C28H27N5O4S.C25H27N5O4S.C24H29N5O5S.C23H24N6O4S/c29-27-26-22(18-38(35,36)31-27)7-3-9-24(26)37-17-19-5-4-13-32(16-19)28(34)21-10-12-30-25(15-21)33-14-11-20-6-1-2-8-23(20)33;1-17-5-3-12-30(17)22-13-19(9-10-27-22)25(31)29-11-4-6-18(14-29)15-34-21-8-2-7-20-16-35(32,33)28-24(26)23(20)21;1-15(2)23(30)27-20-11-17(8-9-26-20)24(31)29-10-4-5-16(12-29)13-34-19-7-3-6-18-14-35(32,33)28-22(25)21(18)19;24-22-21-18(15-34(31,32)27-22)5-1-6-19(21)33-14-16-4-2-10-28(13-16)23(30)17-7-9-25-20(12-17)29-11-3-8-26-29/h1-3,6-12,14-15,19H,4-5,13,16-18H2,(H2,29,31);2-3,5,7-10,12-13,18H,4,6,11,14-16H2,1H3,(H2,26,28);3,6-9,11,15-16H,4-5,10,12-14H2,1-2H3,(H2,25,28)(H,26,27,30);1,3,5-9,11-12,16H,2,4,10,13-15H2,(H2,24,27)/t19-;18-;2*16-/m0000/s1. The topological polar surface area (TPSA) is 517 Å². The quantitative estimate of drug-likeness (QED) is 0.0446. The highest BCUT2D eigenvalue weighted by molar-refractivity contribution is 7.90. The Bertz CT molecular complexity index is 7460. The molecule has 20 rings (SSSR count). The number of piperidine rings is 4. The smallest absolute Gasteiger partial charge is 0.259 e. The van der Waals surface area contributed by atoms with Crippen molar-refractivity contribution in [3.05, 3.63) is 292 Å². The van der Waals surface area contributed by atoms with E-state index in [9.17, 15) is 57.6 Å². The van der Waals surface area contributed by atoms with Crippen LogP contribution in [0.5, 0.6) is 23.0 Å². The zero-order valence-electron chi connectivity index (χ0n) is 78.2. The molecule has 4 saturated heterocycles. The van der Waals surface area contributed by atoms with E-state index in [1.807, 2.05) is 97.7 Å². The summed E-state index contributed by atoms with van der Waals surface area (Å²) >= 11 is 0. The van der Waals surface area contributed by atoms with Gasteiger partial charge in [0, 0.05) is 159 Å². The van der Waals surface area contributed by atoms with Crippen LogP contribution >= 0.6 is 0 Å². The number of amides is 5. The summed E-state index contributed by atoms with van der Waals surface area (Å²) in [6, 6.07) is 50.6. The van der Waals surface area contributed by atoms with Crippen LogP contribution in [0.2, 0.25) is 0 Å². The molecule has 4 fully saturated rings. The van der Waals surface area contributed by atoms with Crippen LogP contribution in [0.25, 0.3) is 28.4 Å². The number of pyridine rings is 4. The van der Waals surface area contributed by atoms with Crippen molar-refractivity contribution in [2.45, 2.75) is 95.1 Å². The molecule has 5 aromatic carbocycles. The van der Waals surface area contributed by atoms with E-state index in [4.69, 9.17) is 41.9 Å². The third-order valence-electron chi connectivity index (χ3n) is 25.4. The number of para-hydroxylation sites is 1. The summed E-state index contributed by atoms with van der Waals surface area (Å²) in [4.78, 5) is 89.7. The highest BCUT2D eigenvalue weighted by Gasteiger charge is 2.36. The van der Waals surface area contributed by atoms with Crippen LogP contribution in [0.15, 0.2) is 237 Å². The number of hydrogen-bond donors (Lipinski definition) is 5. The predicted molar refractivity (Wildman–Crippen MR) is 534 cm³/mol. The molecule has 142 heavy (non-hydrogen) atoms. The number of benzene rings is 5. The molecule has 42 heteroatoms. The first-order valence-corrected chi connectivity index (χ1v) is 53.0. The normalized spacial score (nSPS) is 19.0. The molecular formula is C100H107N21O17S4. The summed E-state index contributed by atoms with van der Waals surface area (Å²) in [6.07, 6.45) is 20.9. The van der Waals surface area contributed by atoms with E-state index in [-0.39, 0.29) is 105 Å². The van der Waals surface area contributed by atoms with Gasteiger partial charge in [0.1, 0.15) is 63.8 Å². The van der Waals surface area contributed by atoms with Gasteiger partial charge in [-0.1, -0.05) is 80.6 Å². The number of nitrogens with zero attached hydrogens (tertiary/aromatic N) is 16.